The normalized spacial score (nSPS) is 23.8. The summed E-state index contributed by atoms with van der Waals surface area (Å²) in [5.41, 5.74) is 4.81. The molecule has 1 atom stereocenters. The second-order valence-corrected chi connectivity index (χ2v) is 4.36. The van der Waals surface area contributed by atoms with E-state index < -0.39 is 0 Å². The van der Waals surface area contributed by atoms with Crippen LogP contribution < -0.4 is 10.6 Å². The maximum Gasteiger partial charge on any atom is 0.197 e. The molecule has 0 spiro atoms. The minimum Gasteiger partial charge on any atom is -0.464 e. The van der Waals surface area contributed by atoms with Crippen molar-refractivity contribution in [2.24, 2.45) is 0 Å². The van der Waals surface area contributed by atoms with E-state index in [1.165, 1.54) is 16.7 Å². The Morgan fingerprint density at radius 2 is 2.18 bits per heavy atom. The van der Waals surface area contributed by atoms with E-state index in [9.17, 15) is 0 Å². The average molecular weight is 224 g/mol. The molecule has 0 aromatic heterocycles. The number of rotatable bonds is 0. The van der Waals surface area contributed by atoms with E-state index in [1.54, 1.807) is 0 Å². The third kappa shape index (κ3) is 1.22. The highest BCUT2D eigenvalue weighted by Crippen LogP contribution is 2.40. The first-order valence-electron chi connectivity index (χ1n) is 5.80. The molecule has 4 rings (SSSR count). The quantitative estimate of drug-likeness (QED) is 0.709. The lowest BCUT2D eigenvalue weighted by molar-refractivity contribution is 0.204. The predicted octanol–water partition coefficient (Wildman–Crippen LogP) is 2.22. The molecule has 3 nitrogen and oxygen atoms in total. The molecule has 1 unspecified atom stereocenters. The van der Waals surface area contributed by atoms with Gasteiger partial charge in [-0.05, 0) is 17.7 Å². The van der Waals surface area contributed by atoms with Crippen LogP contribution in [0.5, 0.6) is 0 Å². The maximum atomic E-state index is 5.88. The van der Waals surface area contributed by atoms with Crippen molar-refractivity contribution in [3.8, 4) is 0 Å². The SMILES string of the molecule is C1=C2OC3Nc4ccccc4C=C3C2=CCN1. The molecule has 84 valence electrons. The summed E-state index contributed by atoms with van der Waals surface area (Å²) in [5, 5.41) is 6.58. The largest absolute Gasteiger partial charge is 0.464 e. The Labute approximate surface area is 99.5 Å². The van der Waals surface area contributed by atoms with Crippen molar-refractivity contribution in [2.75, 3.05) is 11.9 Å². The van der Waals surface area contributed by atoms with Crippen molar-refractivity contribution >= 4 is 11.8 Å². The van der Waals surface area contributed by atoms with E-state index >= 15 is 0 Å². The minimum atomic E-state index is -0.0395. The summed E-state index contributed by atoms with van der Waals surface area (Å²) in [6.45, 7) is 0.869. The van der Waals surface area contributed by atoms with E-state index in [4.69, 9.17) is 4.74 Å². The standard InChI is InChI=1S/C14H12N2O/c1-2-4-12-9(3-1)7-11-10-5-6-15-8-13(10)17-14(11)16-12/h1-5,7-8,14-16H,6H2. The van der Waals surface area contributed by atoms with Crippen molar-refractivity contribution in [3.63, 3.8) is 0 Å². The smallest absolute Gasteiger partial charge is 0.197 e. The monoisotopic (exact) mass is 224 g/mol. The zero-order chi connectivity index (χ0) is 11.2. The van der Waals surface area contributed by atoms with Crippen LogP contribution in [-0.4, -0.2) is 12.8 Å². The van der Waals surface area contributed by atoms with Crippen LogP contribution in [0.2, 0.25) is 0 Å². The van der Waals surface area contributed by atoms with E-state index in [1.807, 2.05) is 12.3 Å². The molecule has 1 aromatic rings. The van der Waals surface area contributed by atoms with Crippen molar-refractivity contribution in [1.82, 2.24) is 5.32 Å². The molecule has 2 N–H and O–H groups in total. The van der Waals surface area contributed by atoms with Crippen LogP contribution >= 0.6 is 0 Å². The number of hydrogen-bond acceptors (Lipinski definition) is 3. The first-order valence-corrected chi connectivity index (χ1v) is 5.80. The number of ether oxygens (including phenoxy) is 1. The Kier molecular flexibility index (Phi) is 1.66. The summed E-state index contributed by atoms with van der Waals surface area (Å²) in [6.07, 6.45) is 6.30. The van der Waals surface area contributed by atoms with Crippen LogP contribution in [0.1, 0.15) is 5.56 Å². The summed E-state index contributed by atoms with van der Waals surface area (Å²) in [4.78, 5) is 0. The van der Waals surface area contributed by atoms with Gasteiger partial charge in [-0.15, -0.1) is 0 Å². The molecule has 0 saturated carbocycles. The molecule has 3 heterocycles. The first-order chi connectivity index (χ1) is 8.42. The van der Waals surface area contributed by atoms with Gasteiger partial charge in [0.1, 0.15) is 5.76 Å². The summed E-state index contributed by atoms with van der Waals surface area (Å²) < 4.78 is 5.88. The van der Waals surface area contributed by atoms with Gasteiger partial charge in [0.15, 0.2) is 6.23 Å². The predicted molar refractivity (Wildman–Crippen MR) is 67.1 cm³/mol. The van der Waals surface area contributed by atoms with Gasteiger partial charge in [0.25, 0.3) is 0 Å². The van der Waals surface area contributed by atoms with E-state index in [2.05, 4.69) is 41.0 Å². The number of anilines is 1. The molecular formula is C14H12N2O. The molecule has 0 bridgehead atoms. The van der Waals surface area contributed by atoms with Crippen molar-refractivity contribution < 1.29 is 4.74 Å². The lowest BCUT2D eigenvalue weighted by Gasteiger charge is -2.21. The van der Waals surface area contributed by atoms with Crippen molar-refractivity contribution in [1.29, 1.82) is 0 Å². The maximum absolute atomic E-state index is 5.88. The highest BCUT2D eigenvalue weighted by molar-refractivity contribution is 5.78. The van der Waals surface area contributed by atoms with Crippen molar-refractivity contribution in [2.45, 2.75) is 6.23 Å². The van der Waals surface area contributed by atoms with Crippen LogP contribution in [0, 0.1) is 0 Å². The molecule has 1 saturated heterocycles. The lowest BCUT2D eigenvalue weighted by atomic mass is 9.97. The molecule has 0 amide bonds. The second-order valence-electron chi connectivity index (χ2n) is 4.36. The first kappa shape index (κ1) is 8.93. The third-order valence-electron chi connectivity index (χ3n) is 3.32. The Bertz CT molecular complexity index is 584. The fraction of sp³-hybridized carbons (Fsp3) is 0.143. The van der Waals surface area contributed by atoms with Crippen molar-refractivity contribution in [3.05, 3.63) is 59.0 Å². The molecule has 1 aromatic carbocycles. The van der Waals surface area contributed by atoms with Gasteiger partial charge in [0.2, 0.25) is 0 Å². The van der Waals surface area contributed by atoms with E-state index in [0.29, 0.717) is 0 Å². The zero-order valence-corrected chi connectivity index (χ0v) is 9.23. The van der Waals surface area contributed by atoms with Gasteiger partial charge >= 0.3 is 0 Å². The molecule has 0 aliphatic carbocycles. The number of benzene rings is 1. The van der Waals surface area contributed by atoms with Crippen LogP contribution in [0.25, 0.3) is 6.08 Å². The summed E-state index contributed by atoms with van der Waals surface area (Å²) in [6, 6.07) is 8.29. The Morgan fingerprint density at radius 1 is 1.24 bits per heavy atom. The van der Waals surface area contributed by atoms with Gasteiger partial charge in [-0.1, -0.05) is 24.3 Å². The lowest BCUT2D eigenvalue weighted by Crippen LogP contribution is -2.22. The van der Waals surface area contributed by atoms with E-state index in [-0.39, 0.29) is 6.23 Å². The molecule has 17 heavy (non-hydrogen) atoms. The number of nitrogens with one attached hydrogen (secondary N) is 2. The number of fused-ring (bicyclic) bond motifs is 4. The fourth-order valence-corrected chi connectivity index (χ4v) is 2.50. The van der Waals surface area contributed by atoms with Crippen LogP contribution in [-0.2, 0) is 4.74 Å². The summed E-state index contributed by atoms with van der Waals surface area (Å²) >= 11 is 0. The van der Waals surface area contributed by atoms with Crippen LogP contribution in [0.15, 0.2) is 53.4 Å². The summed E-state index contributed by atoms with van der Waals surface area (Å²) in [5.74, 6) is 0.938. The second kappa shape index (κ2) is 3.17. The average Bonchev–Trinajstić information content (AvgIpc) is 2.73. The van der Waals surface area contributed by atoms with Crippen LogP contribution in [0.3, 0.4) is 0 Å². The van der Waals surface area contributed by atoms with E-state index in [0.717, 1.165) is 18.0 Å². The number of dihydropyridines is 1. The Balaban J connectivity index is 1.86. The number of para-hydroxylation sites is 1. The highest BCUT2D eigenvalue weighted by Gasteiger charge is 2.34. The Hall–Kier alpha value is -2.16. The molecule has 3 heteroatoms. The van der Waals surface area contributed by atoms with Gasteiger partial charge in [0, 0.05) is 29.6 Å². The summed E-state index contributed by atoms with van der Waals surface area (Å²) in [7, 11) is 0. The fourth-order valence-electron chi connectivity index (χ4n) is 2.50. The highest BCUT2D eigenvalue weighted by atomic mass is 16.5. The number of hydrogen-bond donors (Lipinski definition) is 2. The van der Waals surface area contributed by atoms with Crippen LogP contribution in [0.4, 0.5) is 5.69 Å². The number of allylic oxidation sites excluding steroid dienone is 1. The minimum absolute atomic E-state index is 0.0395. The molecule has 1 fully saturated rings. The third-order valence-corrected chi connectivity index (χ3v) is 3.32. The van der Waals surface area contributed by atoms with Gasteiger partial charge in [0.05, 0.1) is 0 Å². The molecule has 3 aliphatic rings. The topological polar surface area (TPSA) is 33.3 Å². The molecular weight excluding hydrogens is 212 g/mol. The zero-order valence-electron chi connectivity index (χ0n) is 9.23. The Morgan fingerprint density at radius 3 is 3.18 bits per heavy atom. The molecule has 3 aliphatic heterocycles. The van der Waals surface area contributed by atoms with Gasteiger partial charge in [-0.25, -0.2) is 0 Å². The van der Waals surface area contributed by atoms with Gasteiger partial charge in [-0.3, -0.25) is 0 Å². The van der Waals surface area contributed by atoms with Gasteiger partial charge < -0.3 is 15.4 Å². The molecule has 0 radical (unpaired) electrons. The van der Waals surface area contributed by atoms with Gasteiger partial charge in [-0.2, -0.15) is 0 Å².